The van der Waals surface area contributed by atoms with E-state index in [4.69, 9.17) is 4.74 Å². The summed E-state index contributed by atoms with van der Waals surface area (Å²) in [5, 5.41) is 12.2. The lowest BCUT2D eigenvalue weighted by Crippen LogP contribution is -2.14. The third kappa shape index (κ3) is 3.00. The van der Waals surface area contributed by atoms with E-state index >= 15 is 0 Å². The first-order valence-electron chi connectivity index (χ1n) is 9.35. The van der Waals surface area contributed by atoms with Crippen LogP contribution in [0.4, 0.5) is 11.6 Å². The Balaban J connectivity index is 1.67. The first-order valence-corrected chi connectivity index (χ1v) is 9.35. The monoisotopic (exact) mass is 389 g/mol. The minimum absolute atomic E-state index is 0.0110. The van der Waals surface area contributed by atoms with Crippen LogP contribution in [0.25, 0.3) is 27.8 Å². The van der Waals surface area contributed by atoms with E-state index in [2.05, 4.69) is 30.7 Å². The molecule has 0 unspecified atom stereocenters. The van der Waals surface area contributed by atoms with Crippen LogP contribution in [0.15, 0.2) is 36.7 Å². The summed E-state index contributed by atoms with van der Waals surface area (Å²) < 4.78 is 7.01. The molecule has 29 heavy (non-hydrogen) atoms. The summed E-state index contributed by atoms with van der Waals surface area (Å²) in [6.07, 6.45) is 5.30. The van der Waals surface area contributed by atoms with Crippen LogP contribution >= 0.6 is 0 Å². The number of nitrogens with one attached hydrogen (secondary N) is 2. The molecule has 0 saturated heterocycles. The Morgan fingerprint density at radius 2 is 2.07 bits per heavy atom. The third-order valence-corrected chi connectivity index (χ3v) is 4.98. The highest BCUT2D eigenvalue weighted by molar-refractivity contribution is 6.03. The Morgan fingerprint density at radius 3 is 2.83 bits per heavy atom. The number of aromatic nitrogens is 5. The molecule has 0 spiro atoms. The molecule has 0 atom stereocenters. The van der Waals surface area contributed by atoms with Crippen molar-refractivity contribution in [2.75, 3.05) is 24.8 Å². The van der Waals surface area contributed by atoms with Gasteiger partial charge in [0.1, 0.15) is 11.6 Å². The number of carbonyl (C=O) groups excluding carboxylic acids is 1. The molecule has 0 radical (unpaired) electrons. The van der Waals surface area contributed by atoms with Crippen LogP contribution in [0, 0.1) is 5.92 Å². The van der Waals surface area contributed by atoms with E-state index in [-0.39, 0.29) is 11.8 Å². The smallest absolute Gasteiger partial charge is 0.228 e. The van der Waals surface area contributed by atoms with E-state index in [9.17, 15) is 4.79 Å². The summed E-state index contributed by atoms with van der Waals surface area (Å²) >= 11 is 0. The van der Waals surface area contributed by atoms with Crippen molar-refractivity contribution in [2.24, 2.45) is 5.92 Å². The highest BCUT2D eigenvalue weighted by atomic mass is 16.5. The zero-order valence-corrected chi connectivity index (χ0v) is 16.0. The van der Waals surface area contributed by atoms with Gasteiger partial charge < -0.3 is 15.4 Å². The Morgan fingerprint density at radius 1 is 1.21 bits per heavy atom. The quantitative estimate of drug-likeness (QED) is 0.540. The summed E-state index contributed by atoms with van der Waals surface area (Å²) in [5.74, 6) is 2.41. The summed E-state index contributed by atoms with van der Waals surface area (Å²) in [5.41, 5.74) is 1.41. The molecule has 146 valence electrons. The highest BCUT2D eigenvalue weighted by Gasteiger charge is 2.30. The maximum absolute atomic E-state index is 12.2. The zero-order valence-electron chi connectivity index (χ0n) is 16.0. The molecule has 9 nitrogen and oxygen atoms in total. The average Bonchev–Trinajstić information content (AvgIpc) is 3.51. The molecule has 5 rings (SSSR count). The molecule has 4 aromatic heterocycles. The van der Waals surface area contributed by atoms with Crippen molar-refractivity contribution in [1.29, 1.82) is 0 Å². The maximum atomic E-state index is 12.2. The van der Waals surface area contributed by atoms with Crippen LogP contribution in [0.3, 0.4) is 0 Å². The average molecular weight is 389 g/mol. The molecule has 1 aliphatic carbocycles. The van der Waals surface area contributed by atoms with E-state index in [1.54, 1.807) is 31.1 Å². The van der Waals surface area contributed by atoms with Crippen LogP contribution in [0.1, 0.15) is 12.8 Å². The number of carbonyl (C=O) groups is 1. The molecule has 4 aromatic rings. The zero-order chi connectivity index (χ0) is 20.0. The second-order valence-electron chi connectivity index (χ2n) is 6.92. The number of fused-ring (bicyclic) bond motifs is 2. The number of anilines is 2. The van der Waals surface area contributed by atoms with Gasteiger partial charge in [-0.2, -0.15) is 4.52 Å². The molecular formula is C20H19N7O2. The number of hydrogen-bond donors (Lipinski definition) is 2. The molecular weight excluding hydrogens is 370 g/mol. The largest absolute Gasteiger partial charge is 0.481 e. The van der Waals surface area contributed by atoms with Crippen molar-refractivity contribution < 1.29 is 9.53 Å². The predicted octanol–water partition coefficient (Wildman–Crippen LogP) is 2.74. The van der Waals surface area contributed by atoms with Gasteiger partial charge in [0.2, 0.25) is 11.8 Å². The number of ether oxygens (including phenoxy) is 1. The van der Waals surface area contributed by atoms with E-state index in [1.807, 2.05) is 24.3 Å². The van der Waals surface area contributed by atoms with Crippen molar-refractivity contribution in [1.82, 2.24) is 24.6 Å². The van der Waals surface area contributed by atoms with Gasteiger partial charge in [-0.05, 0) is 25.0 Å². The second-order valence-corrected chi connectivity index (χ2v) is 6.92. The normalized spacial score (nSPS) is 13.6. The molecule has 0 bridgehead atoms. The van der Waals surface area contributed by atoms with Crippen LogP contribution in [0.2, 0.25) is 0 Å². The van der Waals surface area contributed by atoms with Crippen molar-refractivity contribution >= 4 is 34.0 Å². The molecule has 0 aliphatic heterocycles. The fourth-order valence-corrected chi connectivity index (χ4v) is 3.30. The summed E-state index contributed by atoms with van der Waals surface area (Å²) in [6, 6.07) is 7.39. The number of hydrogen-bond acceptors (Lipinski definition) is 7. The molecule has 1 saturated carbocycles. The lowest BCUT2D eigenvalue weighted by Gasteiger charge is -2.10. The van der Waals surface area contributed by atoms with Crippen LogP contribution in [-0.2, 0) is 4.79 Å². The molecule has 1 amide bonds. The van der Waals surface area contributed by atoms with Crippen LogP contribution < -0.4 is 15.4 Å². The molecule has 9 heteroatoms. The van der Waals surface area contributed by atoms with Gasteiger partial charge in [0.25, 0.3) is 0 Å². The van der Waals surface area contributed by atoms with Crippen molar-refractivity contribution in [3.8, 4) is 17.3 Å². The fourth-order valence-electron chi connectivity index (χ4n) is 3.30. The van der Waals surface area contributed by atoms with Crippen LogP contribution in [-0.4, -0.2) is 44.6 Å². The van der Waals surface area contributed by atoms with Gasteiger partial charge in [-0.15, -0.1) is 5.10 Å². The number of methoxy groups -OCH3 is 1. The van der Waals surface area contributed by atoms with Gasteiger partial charge in [-0.25, -0.2) is 15.0 Å². The van der Waals surface area contributed by atoms with E-state index in [1.165, 1.54) is 0 Å². The number of nitrogens with zero attached hydrogens (tertiary/aromatic N) is 5. The SMILES string of the molecule is CNc1ncc(-c2nc3cccc(OC)n3n2)c2cc(NC(=O)C3CC3)ncc12. The Bertz CT molecular complexity index is 1250. The minimum atomic E-state index is 0.0110. The molecule has 1 aliphatic rings. The number of rotatable bonds is 5. The molecule has 1 fully saturated rings. The Hall–Kier alpha value is -3.75. The topological polar surface area (TPSA) is 106 Å². The third-order valence-electron chi connectivity index (χ3n) is 4.98. The summed E-state index contributed by atoms with van der Waals surface area (Å²) in [4.78, 5) is 25.7. The fraction of sp³-hybridized carbons (Fsp3) is 0.250. The number of amides is 1. The van der Waals surface area contributed by atoms with E-state index in [0.717, 1.165) is 29.2 Å². The van der Waals surface area contributed by atoms with Crippen LogP contribution in [0.5, 0.6) is 5.88 Å². The summed E-state index contributed by atoms with van der Waals surface area (Å²) in [7, 11) is 3.40. The maximum Gasteiger partial charge on any atom is 0.228 e. The van der Waals surface area contributed by atoms with E-state index in [0.29, 0.717) is 29.0 Å². The van der Waals surface area contributed by atoms with Gasteiger partial charge in [-0.3, -0.25) is 4.79 Å². The predicted molar refractivity (Wildman–Crippen MR) is 109 cm³/mol. The van der Waals surface area contributed by atoms with Gasteiger partial charge in [0, 0.05) is 47.8 Å². The lowest BCUT2D eigenvalue weighted by atomic mass is 10.1. The van der Waals surface area contributed by atoms with Crippen molar-refractivity contribution in [3.63, 3.8) is 0 Å². The van der Waals surface area contributed by atoms with Gasteiger partial charge in [0.05, 0.1) is 7.11 Å². The highest BCUT2D eigenvalue weighted by Crippen LogP contribution is 2.33. The summed E-state index contributed by atoms with van der Waals surface area (Å²) in [6.45, 7) is 0. The Kier molecular flexibility index (Phi) is 4.01. The standard InChI is InChI=1S/C20H19N7O2/c1-21-18-13-9-22-15(24-20(28)11-6-7-11)8-12(13)14(10-23-18)19-25-16-4-3-5-17(29-2)27(16)26-19/h3-5,8-11H,6-7H2,1-2H3,(H,21,23)(H,22,24,28). The van der Waals surface area contributed by atoms with Crippen molar-refractivity contribution in [3.05, 3.63) is 36.7 Å². The lowest BCUT2D eigenvalue weighted by molar-refractivity contribution is -0.117. The first kappa shape index (κ1) is 17.4. The molecule has 0 aromatic carbocycles. The number of pyridine rings is 3. The second kappa shape index (κ2) is 6.69. The van der Waals surface area contributed by atoms with Gasteiger partial charge in [0.15, 0.2) is 11.5 Å². The molecule has 2 N–H and O–H groups in total. The molecule has 4 heterocycles. The first-order chi connectivity index (χ1) is 14.2. The van der Waals surface area contributed by atoms with Gasteiger partial charge in [-0.1, -0.05) is 6.07 Å². The Labute approximate surface area is 166 Å². The van der Waals surface area contributed by atoms with Crippen molar-refractivity contribution in [2.45, 2.75) is 12.8 Å². The minimum Gasteiger partial charge on any atom is -0.481 e. The van der Waals surface area contributed by atoms with Gasteiger partial charge >= 0.3 is 0 Å². The van der Waals surface area contributed by atoms with E-state index < -0.39 is 0 Å².